The number of piperazine rings is 1. The van der Waals surface area contributed by atoms with E-state index < -0.39 is 22.4 Å². The van der Waals surface area contributed by atoms with Crippen molar-refractivity contribution < 1.29 is 18.1 Å². The summed E-state index contributed by atoms with van der Waals surface area (Å²) in [5.74, 6) is 0. The maximum Gasteiger partial charge on any atom is 0.416 e. The number of halogens is 3. The summed E-state index contributed by atoms with van der Waals surface area (Å²) in [6.45, 7) is 5.52. The van der Waals surface area contributed by atoms with Gasteiger partial charge in [0.05, 0.1) is 10.5 Å². The molecule has 1 heterocycles. The Morgan fingerprint density at radius 2 is 1.83 bits per heavy atom. The fourth-order valence-electron chi connectivity index (χ4n) is 2.96. The smallest absolute Gasteiger partial charge is 0.298 e. The molecule has 2 atom stereocenters. The van der Waals surface area contributed by atoms with Crippen LogP contribution in [0.4, 0.5) is 18.9 Å². The lowest BCUT2D eigenvalue weighted by Gasteiger charge is -2.42. The fraction of sp³-hybridized carbons (Fsp3) is 0.600. The number of alkyl halides is 3. The first kappa shape index (κ1) is 17.7. The molecule has 0 spiro atoms. The number of hydrogen-bond donors (Lipinski definition) is 0. The van der Waals surface area contributed by atoms with E-state index >= 15 is 0 Å². The maximum atomic E-state index is 13.2. The SMILES string of the molecule is CC1CN(Cc2ccc([N+](=O)[O-])cc2C(F)(F)F)CC(C)N1C. The first-order chi connectivity index (χ1) is 10.6. The van der Waals surface area contributed by atoms with Gasteiger partial charge in [0.25, 0.3) is 5.69 Å². The van der Waals surface area contributed by atoms with Crippen LogP contribution in [0, 0.1) is 10.1 Å². The number of likely N-dealkylation sites (N-methyl/N-ethyl adjacent to an activating group) is 1. The minimum absolute atomic E-state index is 0.0760. The third-order valence-electron chi connectivity index (χ3n) is 4.44. The molecule has 1 aliphatic rings. The fourth-order valence-corrected chi connectivity index (χ4v) is 2.96. The summed E-state index contributed by atoms with van der Waals surface area (Å²) in [5.41, 5.74) is -1.39. The van der Waals surface area contributed by atoms with E-state index in [-0.39, 0.29) is 24.2 Å². The van der Waals surface area contributed by atoms with E-state index in [1.54, 1.807) is 0 Å². The number of benzene rings is 1. The van der Waals surface area contributed by atoms with E-state index in [0.717, 1.165) is 6.07 Å². The van der Waals surface area contributed by atoms with E-state index in [2.05, 4.69) is 4.90 Å². The molecule has 0 aromatic heterocycles. The summed E-state index contributed by atoms with van der Waals surface area (Å²) in [7, 11) is 2.00. The van der Waals surface area contributed by atoms with Gasteiger partial charge in [0.15, 0.2) is 0 Å². The Labute approximate surface area is 132 Å². The molecule has 0 N–H and O–H groups in total. The number of nitro benzene ring substituents is 1. The summed E-state index contributed by atoms with van der Waals surface area (Å²) in [6.07, 6.45) is -4.61. The van der Waals surface area contributed by atoms with Crippen molar-refractivity contribution in [2.45, 2.75) is 38.7 Å². The van der Waals surface area contributed by atoms with Crippen LogP contribution < -0.4 is 0 Å². The average molecular weight is 331 g/mol. The summed E-state index contributed by atoms with van der Waals surface area (Å²) >= 11 is 0. The molecule has 0 aliphatic carbocycles. The molecule has 8 heteroatoms. The molecular weight excluding hydrogens is 311 g/mol. The lowest BCUT2D eigenvalue weighted by atomic mass is 10.0. The number of nitro groups is 1. The lowest BCUT2D eigenvalue weighted by Crippen LogP contribution is -2.54. The lowest BCUT2D eigenvalue weighted by molar-refractivity contribution is -0.385. The number of hydrogen-bond acceptors (Lipinski definition) is 4. The minimum Gasteiger partial charge on any atom is -0.298 e. The van der Waals surface area contributed by atoms with Gasteiger partial charge in [0.2, 0.25) is 0 Å². The summed E-state index contributed by atoms with van der Waals surface area (Å²) in [4.78, 5) is 14.1. The zero-order valence-electron chi connectivity index (χ0n) is 13.3. The predicted molar refractivity (Wildman–Crippen MR) is 80.1 cm³/mol. The van der Waals surface area contributed by atoms with Gasteiger partial charge in [-0.25, -0.2) is 0 Å². The first-order valence-electron chi connectivity index (χ1n) is 7.38. The van der Waals surface area contributed by atoms with Crippen molar-refractivity contribution in [3.8, 4) is 0 Å². The van der Waals surface area contributed by atoms with E-state index in [1.807, 2.05) is 25.8 Å². The molecule has 1 fully saturated rings. The normalized spacial score (nSPS) is 23.9. The minimum atomic E-state index is -4.61. The average Bonchev–Trinajstić information content (AvgIpc) is 2.43. The number of nitrogens with zero attached hydrogens (tertiary/aromatic N) is 3. The number of rotatable bonds is 3. The standard InChI is InChI=1S/C15H20F3N3O2/c1-10-7-20(8-11(2)19(10)3)9-12-4-5-13(21(22)23)6-14(12)15(16,17)18/h4-6,10-11H,7-9H2,1-3H3. The van der Waals surface area contributed by atoms with Crippen molar-refractivity contribution >= 4 is 5.69 Å². The van der Waals surface area contributed by atoms with Gasteiger partial charge < -0.3 is 0 Å². The topological polar surface area (TPSA) is 49.6 Å². The predicted octanol–water partition coefficient (Wildman–Crippen LogP) is 3.14. The molecule has 0 bridgehead atoms. The molecule has 2 rings (SSSR count). The van der Waals surface area contributed by atoms with E-state index in [4.69, 9.17) is 0 Å². The Morgan fingerprint density at radius 3 is 2.30 bits per heavy atom. The van der Waals surface area contributed by atoms with Crippen LogP contribution in [-0.2, 0) is 12.7 Å². The third-order valence-corrected chi connectivity index (χ3v) is 4.44. The molecule has 23 heavy (non-hydrogen) atoms. The van der Waals surface area contributed by atoms with Gasteiger partial charge in [-0.15, -0.1) is 0 Å². The van der Waals surface area contributed by atoms with E-state index in [9.17, 15) is 23.3 Å². The molecule has 0 amide bonds. The second-order valence-corrected chi connectivity index (χ2v) is 6.15. The molecule has 0 saturated carbocycles. The van der Waals surface area contributed by atoms with Crippen molar-refractivity contribution in [1.82, 2.24) is 9.80 Å². The van der Waals surface area contributed by atoms with Crippen LogP contribution >= 0.6 is 0 Å². The van der Waals surface area contributed by atoms with Crippen LogP contribution in [0.5, 0.6) is 0 Å². The molecule has 1 aromatic rings. The van der Waals surface area contributed by atoms with Crippen LogP contribution in [0.25, 0.3) is 0 Å². The Hall–Kier alpha value is -1.67. The molecule has 2 unspecified atom stereocenters. The largest absolute Gasteiger partial charge is 0.416 e. The molecule has 128 valence electrons. The van der Waals surface area contributed by atoms with Crippen LogP contribution in [-0.4, -0.2) is 46.9 Å². The van der Waals surface area contributed by atoms with E-state index in [1.165, 1.54) is 6.07 Å². The Kier molecular flexibility index (Phi) is 4.95. The Morgan fingerprint density at radius 1 is 1.26 bits per heavy atom. The highest BCUT2D eigenvalue weighted by atomic mass is 19.4. The third kappa shape index (κ3) is 4.00. The molecular formula is C15H20F3N3O2. The van der Waals surface area contributed by atoms with Gasteiger partial charge in [-0.05, 0) is 26.5 Å². The van der Waals surface area contributed by atoms with Crippen molar-refractivity contribution in [1.29, 1.82) is 0 Å². The van der Waals surface area contributed by atoms with Crippen LogP contribution in [0.15, 0.2) is 18.2 Å². The van der Waals surface area contributed by atoms with E-state index in [0.29, 0.717) is 19.2 Å². The monoisotopic (exact) mass is 331 g/mol. The van der Waals surface area contributed by atoms with Gasteiger partial charge in [-0.2, -0.15) is 13.2 Å². The summed E-state index contributed by atoms with van der Waals surface area (Å²) in [6, 6.07) is 3.46. The number of non-ortho nitro benzene ring substituents is 1. The van der Waals surface area contributed by atoms with Crippen molar-refractivity contribution in [3.63, 3.8) is 0 Å². The van der Waals surface area contributed by atoms with Crippen molar-refractivity contribution in [2.24, 2.45) is 0 Å². The van der Waals surface area contributed by atoms with Gasteiger partial charge in [0, 0.05) is 43.9 Å². The highest BCUT2D eigenvalue weighted by Gasteiger charge is 2.36. The zero-order valence-corrected chi connectivity index (χ0v) is 13.3. The van der Waals surface area contributed by atoms with Gasteiger partial charge in [0.1, 0.15) is 0 Å². The first-order valence-corrected chi connectivity index (χ1v) is 7.38. The maximum absolute atomic E-state index is 13.2. The highest BCUT2D eigenvalue weighted by molar-refractivity contribution is 5.41. The zero-order chi connectivity index (χ0) is 17.4. The van der Waals surface area contributed by atoms with Crippen LogP contribution in [0.2, 0.25) is 0 Å². The second-order valence-electron chi connectivity index (χ2n) is 6.15. The molecule has 0 radical (unpaired) electrons. The van der Waals surface area contributed by atoms with Gasteiger partial charge in [-0.1, -0.05) is 6.07 Å². The van der Waals surface area contributed by atoms with Crippen molar-refractivity contribution in [3.05, 3.63) is 39.4 Å². The quantitative estimate of drug-likeness (QED) is 0.631. The second kappa shape index (κ2) is 6.45. The van der Waals surface area contributed by atoms with Gasteiger partial charge in [-0.3, -0.25) is 19.9 Å². The summed E-state index contributed by atoms with van der Waals surface area (Å²) in [5, 5.41) is 10.7. The molecule has 1 aromatic carbocycles. The molecule has 1 aliphatic heterocycles. The summed E-state index contributed by atoms with van der Waals surface area (Å²) < 4.78 is 39.6. The van der Waals surface area contributed by atoms with Crippen LogP contribution in [0.3, 0.4) is 0 Å². The molecule has 1 saturated heterocycles. The van der Waals surface area contributed by atoms with Crippen molar-refractivity contribution in [2.75, 3.05) is 20.1 Å². The highest BCUT2D eigenvalue weighted by Crippen LogP contribution is 2.35. The van der Waals surface area contributed by atoms with Crippen LogP contribution in [0.1, 0.15) is 25.0 Å². The molecule has 5 nitrogen and oxygen atoms in total. The Balaban J connectivity index is 2.27. The Bertz CT molecular complexity index is 580. The van der Waals surface area contributed by atoms with Gasteiger partial charge >= 0.3 is 6.18 Å².